The molecule has 6 heteroatoms. The summed E-state index contributed by atoms with van der Waals surface area (Å²) in [5.74, 6) is 2.70. The number of piperidine rings is 1. The molecule has 0 aliphatic carbocycles. The maximum absolute atomic E-state index is 12.6. The summed E-state index contributed by atoms with van der Waals surface area (Å²) in [5.41, 5.74) is 1.85. The fourth-order valence-corrected chi connectivity index (χ4v) is 5.00. The number of carbonyl (C=O) groups is 1. The molecule has 1 aromatic heterocycles. The van der Waals surface area contributed by atoms with Gasteiger partial charge in [-0.2, -0.15) is 0 Å². The smallest absolute Gasteiger partial charge is 0.253 e. The predicted molar refractivity (Wildman–Crippen MR) is 104 cm³/mol. The summed E-state index contributed by atoms with van der Waals surface area (Å²) >= 11 is 3.57. The van der Waals surface area contributed by atoms with Crippen molar-refractivity contribution in [3.05, 3.63) is 40.9 Å². The van der Waals surface area contributed by atoms with Crippen molar-refractivity contribution < 1.29 is 9.53 Å². The third-order valence-electron chi connectivity index (χ3n) is 4.35. The molecule has 0 unspecified atom stereocenters. The third-order valence-corrected chi connectivity index (χ3v) is 6.72. The zero-order valence-corrected chi connectivity index (χ0v) is 16.4. The molecular formula is C19H24N2O2S2. The van der Waals surface area contributed by atoms with E-state index in [1.165, 1.54) is 0 Å². The van der Waals surface area contributed by atoms with Crippen LogP contribution >= 0.6 is 23.1 Å². The Hall–Kier alpha value is -1.53. The Kier molecular flexibility index (Phi) is 6.37. The fourth-order valence-electron chi connectivity index (χ4n) is 2.93. The predicted octanol–water partition coefficient (Wildman–Crippen LogP) is 4.49. The first-order chi connectivity index (χ1) is 12.2. The zero-order valence-electron chi connectivity index (χ0n) is 14.7. The Labute approximate surface area is 157 Å². The van der Waals surface area contributed by atoms with E-state index in [4.69, 9.17) is 4.74 Å². The van der Waals surface area contributed by atoms with Crippen LogP contribution in [0.15, 0.2) is 34.0 Å². The van der Waals surface area contributed by atoms with Crippen LogP contribution in [0.25, 0.3) is 0 Å². The molecule has 0 N–H and O–H groups in total. The average Bonchev–Trinajstić information content (AvgIpc) is 3.06. The number of aromatic nitrogens is 1. The standard InChI is InChI=1S/C19H24N2O2S2/c1-3-23-17-6-4-16(5-7-17)18(22)21-10-8-15(9-11-21)13-25-19-20-14(2)12-24-19/h4-7,12,15H,3,8-11,13H2,1-2H3. The molecule has 0 bridgehead atoms. The summed E-state index contributed by atoms with van der Waals surface area (Å²) in [5, 5.41) is 2.10. The van der Waals surface area contributed by atoms with Crippen molar-refractivity contribution in [1.29, 1.82) is 0 Å². The van der Waals surface area contributed by atoms with Crippen molar-refractivity contribution in [2.45, 2.75) is 31.0 Å². The number of carbonyl (C=O) groups excluding carboxylic acids is 1. The lowest BCUT2D eigenvalue weighted by molar-refractivity contribution is 0.0698. The number of thioether (sulfide) groups is 1. The Morgan fingerprint density at radius 3 is 2.64 bits per heavy atom. The van der Waals surface area contributed by atoms with Gasteiger partial charge in [0.2, 0.25) is 0 Å². The second-order valence-electron chi connectivity index (χ2n) is 6.26. The number of aryl methyl sites for hydroxylation is 1. The highest BCUT2D eigenvalue weighted by Gasteiger charge is 2.24. The number of rotatable bonds is 6. The molecule has 1 aliphatic rings. The molecular weight excluding hydrogens is 352 g/mol. The van der Waals surface area contributed by atoms with Gasteiger partial charge >= 0.3 is 0 Å². The summed E-state index contributed by atoms with van der Waals surface area (Å²) in [6, 6.07) is 7.46. The number of nitrogens with zero attached hydrogens (tertiary/aromatic N) is 2. The molecule has 134 valence electrons. The number of hydrogen-bond acceptors (Lipinski definition) is 5. The van der Waals surface area contributed by atoms with Gasteiger partial charge in [0.15, 0.2) is 0 Å². The molecule has 0 saturated carbocycles. The summed E-state index contributed by atoms with van der Waals surface area (Å²) in [4.78, 5) is 19.1. The van der Waals surface area contributed by atoms with E-state index in [9.17, 15) is 4.79 Å². The molecule has 4 nitrogen and oxygen atoms in total. The molecule has 1 fully saturated rings. The molecule has 1 aromatic carbocycles. The van der Waals surface area contributed by atoms with Crippen molar-refractivity contribution in [2.24, 2.45) is 5.92 Å². The van der Waals surface area contributed by atoms with E-state index in [1.807, 2.05) is 54.8 Å². The van der Waals surface area contributed by atoms with Gasteiger partial charge in [-0.05, 0) is 56.9 Å². The lowest BCUT2D eigenvalue weighted by atomic mass is 9.98. The number of amides is 1. The number of hydrogen-bond donors (Lipinski definition) is 0. The van der Waals surface area contributed by atoms with Crippen molar-refractivity contribution in [3.8, 4) is 5.75 Å². The average molecular weight is 377 g/mol. The summed E-state index contributed by atoms with van der Waals surface area (Å²) < 4.78 is 6.59. The van der Waals surface area contributed by atoms with E-state index in [-0.39, 0.29) is 5.91 Å². The van der Waals surface area contributed by atoms with E-state index in [0.29, 0.717) is 12.5 Å². The Morgan fingerprint density at radius 1 is 1.32 bits per heavy atom. The minimum atomic E-state index is 0.129. The van der Waals surface area contributed by atoms with Crippen LogP contribution in [0.4, 0.5) is 0 Å². The molecule has 1 saturated heterocycles. The molecule has 25 heavy (non-hydrogen) atoms. The molecule has 0 atom stereocenters. The van der Waals surface area contributed by atoms with Crippen LogP contribution in [0.2, 0.25) is 0 Å². The van der Waals surface area contributed by atoms with Crippen LogP contribution < -0.4 is 4.74 Å². The van der Waals surface area contributed by atoms with Crippen molar-refractivity contribution in [1.82, 2.24) is 9.88 Å². The van der Waals surface area contributed by atoms with E-state index in [2.05, 4.69) is 10.4 Å². The van der Waals surface area contributed by atoms with Gasteiger partial charge in [-0.1, -0.05) is 11.8 Å². The molecule has 0 radical (unpaired) electrons. The molecule has 1 aliphatic heterocycles. The van der Waals surface area contributed by atoms with Gasteiger partial charge < -0.3 is 9.64 Å². The summed E-state index contributed by atoms with van der Waals surface area (Å²) in [6.07, 6.45) is 2.14. The maximum atomic E-state index is 12.6. The van der Waals surface area contributed by atoms with Gasteiger partial charge in [0.25, 0.3) is 5.91 Å². The molecule has 2 heterocycles. The SMILES string of the molecule is CCOc1ccc(C(=O)N2CCC(CSc3nc(C)cs3)CC2)cc1. The van der Waals surface area contributed by atoms with Gasteiger partial charge in [-0.3, -0.25) is 4.79 Å². The van der Waals surface area contributed by atoms with Crippen molar-refractivity contribution >= 4 is 29.0 Å². The number of benzene rings is 1. The largest absolute Gasteiger partial charge is 0.494 e. The van der Waals surface area contributed by atoms with Crippen molar-refractivity contribution in [3.63, 3.8) is 0 Å². The van der Waals surface area contributed by atoms with Crippen LogP contribution in [0, 0.1) is 12.8 Å². The van der Waals surface area contributed by atoms with Crippen LogP contribution in [0.3, 0.4) is 0 Å². The molecule has 2 aromatic rings. The highest BCUT2D eigenvalue weighted by molar-refractivity contribution is 8.01. The van der Waals surface area contributed by atoms with Gasteiger partial charge in [0, 0.05) is 35.5 Å². The normalized spacial score (nSPS) is 15.4. The first kappa shape index (κ1) is 18.3. The minimum absolute atomic E-state index is 0.129. The Bertz CT molecular complexity index is 692. The summed E-state index contributed by atoms with van der Waals surface area (Å²) in [7, 11) is 0. The Balaban J connectivity index is 1.47. The number of ether oxygens (including phenoxy) is 1. The van der Waals surface area contributed by atoms with Crippen LogP contribution in [0.1, 0.15) is 35.8 Å². The van der Waals surface area contributed by atoms with E-state index in [1.54, 1.807) is 11.3 Å². The highest BCUT2D eigenvalue weighted by Crippen LogP contribution is 2.29. The second kappa shape index (κ2) is 8.72. The van der Waals surface area contributed by atoms with Crippen LogP contribution in [-0.4, -0.2) is 41.2 Å². The maximum Gasteiger partial charge on any atom is 0.253 e. The van der Waals surface area contributed by atoms with Gasteiger partial charge in [0.1, 0.15) is 10.1 Å². The number of likely N-dealkylation sites (tertiary alicyclic amines) is 1. The van der Waals surface area contributed by atoms with Gasteiger partial charge in [0.05, 0.1) is 6.61 Å². The Morgan fingerprint density at radius 2 is 2.04 bits per heavy atom. The molecule has 0 spiro atoms. The highest BCUT2D eigenvalue weighted by atomic mass is 32.2. The monoisotopic (exact) mass is 376 g/mol. The first-order valence-electron chi connectivity index (χ1n) is 8.72. The lowest BCUT2D eigenvalue weighted by Gasteiger charge is -2.31. The zero-order chi connectivity index (χ0) is 17.6. The van der Waals surface area contributed by atoms with Gasteiger partial charge in [-0.15, -0.1) is 11.3 Å². The van der Waals surface area contributed by atoms with Crippen molar-refractivity contribution in [2.75, 3.05) is 25.4 Å². The van der Waals surface area contributed by atoms with E-state index < -0.39 is 0 Å². The topological polar surface area (TPSA) is 42.4 Å². The summed E-state index contributed by atoms with van der Waals surface area (Å²) in [6.45, 7) is 6.31. The molecule has 3 rings (SSSR count). The third kappa shape index (κ3) is 4.98. The van der Waals surface area contributed by atoms with Gasteiger partial charge in [-0.25, -0.2) is 4.98 Å². The van der Waals surface area contributed by atoms with Crippen LogP contribution in [0.5, 0.6) is 5.75 Å². The number of thiazole rings is 1. The first-order valence-corrected chi connectivity index (χ1v) is 10.6. The minimum Gasteiger partial charge on any atom is -0.494 e. The fraction of sp³-hybridized carbons (Fsp3) is 0.474. The lowest BCUT2D eigenvalue weighted by Crippen LogP contribution is -2.38. The quantitative estimate of drug-likeness (QED) is 0.697. The second-order valence-corrected chi connectivity index (χ2v) is 8.38. The van der Waals surface area contributed by atoms with E-state index >= 15 is 0 Å². The van der Waals surface area contributed by atoms with Crippen LogP contribution in [-0.2, 0) is 0 Å². The van der Waals surface area contributed by atoms with E-state index in [0.717, 1.165) is 53.0 Å². The molecule has 1 amide bonds.